The van der Waals surface area contributed by atoms with Crippen LogP contribution in [0.1, 0.15) is 12.1 Å². The van der Waals surface area contributed by atoms with E-state index in [0.29, 0.717) is 13.1 Å². The molecule has 1 saturated heterocycles. The van der Waals surface area contributed by atoms with Gasteiger partial charge in [0.25, 0.3) is 0 Å². The Morgan fingerprint density at radius 2 is 2.00 bits per heavy atom. The fraction of sp³-hybridized carbons (Fsp3) is 0.381. The minimum Gasteiger partial charge on any atom is -0.391 e. The van der Waals surface area contributed by atoms with Crippen molar-refractivity contribution in [1.82, 2.24) is 24.6 Å². The quantitative estimate of drug-likeness (QED) is 0.633. The molecule has 152 valence electrons. The number of hydrogen-bond donors (Lipinski definition) is 2. The van der Waals surface area contributed by atoms with Crippen molar-refractivity contribution in [3.05, 3.63) is 60.7 Å². The molecule has 0 aliphatic carbocycles. The molecule has 3 aromatic rings. The first-order valence-electron chi connectivity index (χ1n) is 9.84. The summed E-state index contributed by atoms with van der Waals surface area (Å²) in [5.41, 5.74) is 1.96. The summed E-state index contributed by atoms with van der Waals surface area (Å²) in [5, 5.41) is 18.1. The van der Waals surface area contributed by atoms with Crippen LogP contribution < -0.4 is 10.2 Å². The van der Waals surface area contributed by atoms with Crippen LogP contribution in [0.5, 0.6) is 0 Å². The summed E-state index contributed by atoms with van der Waals surface area (Å²) in [6, 6.07) is 14.2. The number of nitrogens with one attached hydrogen (secondary N) is 1. The van der Waals surface area contributed by atoms with E-state index in [9.17, 15) is 5.11 Å². The Kier molecular flexibility index (Phi) is 5.73. The smallest absolute Gasteiger partial charge is 0.134 e. The summed E-state index contributed by atoms with van der Waals surface area (Å²) >= 11 is 0. The average molecular weight is 393 g/mol. The molecule has 3 heterocycles. The van der Waals surface area contributed by atoms with Gasteiger partial charge in [0.1, 0.15) is 18.0 Å². The van der Waals surface area contributed by atoms with Gasteiger partial charge in [-0.2, -0.15) is 5.10 Å². The molecule has 2 N–H and O–H groups in total. The molecule has 0 amide bonds. The van der Waals surface area contributed by atoms with Crippen molar-refractivity contribution in [1.29, 1.82) is 0 Å². The Bertz CT molecular complexity index is 928. The van der Waals surface area contributed by atoms with E-state index in [0.717, 1.165) is 36.0 Å². The Morgan fingerprint density at radius 3 is 2.79 bits per heavy atom. The lowest BCUT2D eigenvalue weighted by Crippen LogP contribution is -2.38. The third-order valence-corrected chi connectivity index (χ3v) is 5.03. The minimum atomic E-state index is -0.326. The summed E-state index contributed by atoms with van der Waals surface area (Å²) < 4.78 is 1.86. The van der Waals surface area contributed by atoms with Crippen LogP contribution in [0.2, 0.25) is 0 Å². The van der Waals surface area contributed by atoms with Crippen LogP contribution in [0.4, 0.5) is 11.6 Å². The minimum absolute atomic E-state index is 0.240. The number of para-hydroxylation sites is 1. The summed E-state index contributed by atoms with van der Waals surface area (Å²) in [5.74, 6) is 1.58. The van der Waals surface area contributed by atoms with Gasteiger partial charge in [0, 0.05) is 31.4 Å². The molecule has 2 atom stereocenters. The molecule has 4 rings (SSSR count). The van der Waals surface area contributed by atoms with E-state index in [1.54, 1.807) is 6.33 Å². The van der Waals surface area contributed by atoms with Gasteiger partial charge >= 0.3 is 0 Å². The van der Waals surface area contributed by atoms with Crippen LogP contribution in [0.3, 0.4) is 0 Å². The van der Waals surface area contributed by atoms with Crippen LogP contribution in [0.15, 0.2) is 55.0 Å². The van der Waals surface area contributed by atoms with Gasteiger partial charge in [-0.25, -0.2) is 14.6 Å². The third kappa shape index (κ3) is 4.72. The first-order valence-corrected chi connectivity index (χ1v) is 9.84. The van der Waals surface area contributed by atoms with Crippen LogP contribution in [0, 0.1) is 0 Å². The molecule has 0 saturated carbocycles. The second-order valence-electron chi connectivity index (χ2n) is 7.66. The summed E-state index contributed by atoms with van der Waals surface area (Å²) in [6.45, 7) is 2.04. The largest absolute Gasteiger partial charge is 0.391 e. The lowest BCUT2D eigenvalue weighted by molar-refractivity contribution is 0.191. The molecule has 0 spiro atoms. The Balaban J connectivity index is 1.42. The first kappa shape index (κ1) is 19.4. The lowest BCUT2D eigenvalue weighted by Gasteiger charge is -2.27. The molecule has 1 aliphatic heterocycles. The second-order valence-corrected chi connectivity index (χ2v) is 7.66. The van der Waals surface area contributed by atoms with E-state index in [2.05, 4.69) is 30.2 Å². The summed E-state index contributed by atoms with van der Waals surface area (Å²) in [6.07, 6.45) is 3.95. The SMILES string of the molecule is CN(C)C[C@H]1C[C@@H](O)CN1c1cc(NCc2ccn(-c3ccccc3)n2)ncn1. The van der Waals surface area contributed by atoms with Crippen molar-refractivity contribution in [2.45, 2.75) is 25.1 Å². The monoisotopic (exact) mass is 393 g/mol. The molecule has 1 fully saturated rings. The normalized spacial score (nSPS) is 19.1. The van der Waals surface area contributed by atoms with E-state index in [-0.39, 0.29) is 12.1 Å². The zero-order valence-corrected chi connectivity index (χ0v) is 16.8. The highest BCUT2D eigenvalue weighted by molar-refractivity contribution is 5.50. The average Bonchev–Trinajstić information content (AvgIpc) is 3.33. The number of aliphatic hydroxyl groups excluding tert-OH is 1. The fourth-order valence-electron chi connectivity index (χ4n) is 3.73. The zero-order chi connectivity index (χ0) is 20.2. The van der Waals surface area contributed by atoms with Gasteiger partial charge in [0.2, 0.25) is 0 Å². The van der Waals surface area contributed by atoms with Crippen molar-refractivity contribution in [3.8, 4) is 5.69 Å². The highest BCUT2D eigenvalue weighted by atomic mass is 16.3. The number of aliphatic hydroxyl groups is 1. The predicted octanol–water partition coefficient (Wildman–Crippen LogP) is 1.78. The predicted molar refractivity (Wildman–Crippen MR) is 113 cm³/mol. The van der Waals surface area contributed by atoms with Crippen LogP contribution >= 0.6 is 0 Å². The molecule has 2 aromatic heterocycles. The maximum absolute atomic E-state index is 10.1. The Labute approximate surface area is 170 Å². The lowest BCUT2D eigenvalue weighted by atomic mass is 10.2. The van der Waals surface area contributed by atoms with Crippen molar-refractivity contribution in [2.24, 2.45) is 0 Å². The number of β-amino-alcohol motifs (C(OH)–C–C–N with tert-alkyl or cyclic N) is 1. The molecule has 29 heavy (non-hydrogen) atoms. The summed E-state index contributed by atoms with van der Waals surface area (Å²) in [4.78, 5) is 13.1. The number of anilines is 2. The maximum Gasteiger partial charge on any atom is 0.134 e. The van der Waals surface area contributed by atoms with Crippen molar-refractivity contribution in [3.63, 3.8) is 0 Å². The van der Waals surface area contributed by atoms with Crippen molar-refractivity contribution < 1.29 is 5.11 Å². The molecule has 8 nitrogen and oxygen atoms in total. The Hall–Kier alpha value is -2.97. The number of benzene rings is 1. The third-order valence-electron chi connectivity index (χ3n) is 5.03. The number of rotatable bonds is 7. The van der Waals surface area contributed by atoms with Gasteiger partial charge < -0.3 is 20.2 Å². The van der Waals surface area contributed by atoms with Crippen molar-refractivity contribution in [2.75, 3.05) is 37.4 Å². The topological polar surface area (TPSA) is 82.3 Å². The highest BCUT2D eigenvalue weighted by Gasteiger charge is 2.32. The molecule has 1 aliphatic rings. The molecule has 0 unspecified atom stereocenters. The summed E-state index contributed by atoms with van der Waals surface area (Å²) in [7, 11) is 4.09. The van der Waals surface area contributed by atoms with Crippen LogP contribution in [0.25, 0.3) is 5.69 Å². The van der Waals surface area contributed by atoms with Crippen LogP contribution in [-0.4, -0.2) is 69.1 Å². The van der Waals surface area contributed by atoms with Gasteiger partial charge in [-0.3, -0.25) is 0 Å². The molecular formula is C21H27N7O. The van der Waals surface area contributed by atoms with Gasteiger partial charge in [-0.05, 0) is 38.7 Å². The standard InChI is InChI=1S/C21H27N7O/c1-26(2)13-18-10-19(29)14-27(18)21-11-20(23-15-24-21)22-12-16-8-9-28(25-16)17-6-4-3-5-7-17/h3-9,11,15,18-19,29H,10,12-14H2,1-2H3,(H,22,23,24)/t18-,19-/m1/s1. The molecule has 8 heteroatoms. The van der Waals surface area contributed by atoms with Gasteiger partial charge in [0.05, 0.1) is 24.0 Å². The molecule has 0 bridgehead atoms. The van der Waals surface area contributed by atoms with Crippen LogP contribution in [-0.2, 0) is 6.54 Å². The Morgan fingerprint density at radius 1 is 1.17 bits per heavy atom. The van der Waals surface area contributed by atoms with Crippen molar-refractivity contribution >= 4 is 11.6 Å². The van der Waals surface area contributed by atoms with E-state index in [1.165, 1.54) is 0 Å². The van der Waals surface area contributed by atoms with E-state index in [1.807, 2.05) is 67.4 Å². The fourth-order valence-corrected chi connectivity index (χ4v) is 3.73. The van der Waals surface area contributed by atoms with Gasteiger partial charge in [-0.1, -0.05) is 18.2 Å². The highest BCUT2D eigenvalue weighted by Crippen LogP contribution is 2.25. The maximum atomic E-state index is 10.1. The number of aromatic nitrogens is 4. The molecular weight excluding hydrogens is 366 g/mol. The second kappa shape index (κ2) is 8.59. The van der Waals surface area contributed by atoms with E-state index >= 15 is 0 Å². The molecule has 1 aromatic carbocycles. The molecule has 0 radical (unpaired) electrons. The number of hydrogen-bond acceptors (Lipinski definition) is 7. The number of nitrogens with zero attached hydrogens (tertiary/aromatic N) is 6. The van der Waals surface area contributed by atoms with E-state index < -0.39 is 0 Å². The number of likely N-dealkylation sites (N-methyl/N-ethyl adjacent to an activating group) is 1. The first-order chi connectivity index (χ1) is 14.1. The van der Waals surface area contributed by atoms with E-state index in [4.69, 9.17) is 0 Å². The van der Waals surface area contributed by atoms with Gasteiger partial charge in [0.15, 0.2) is 0 Å². The zero-order valence-electron chi connectivity index (χ0n) is 16.8. The van der Waals surface area contributed by atoms with Gasteiger partial charge in [-0.15, -0.1) is 0 Å².